The number of nitrogens with two attached hydrogens (primary N) is 1. The van der Waals surface area contributed by atoms with E-state index in [1.54, 1.807) is 11.3 Å². The van der Waals surface area contributed by atoms with E-state index in [-0.39, 0.29) is 0 Å². The number of nitrogens with zero attached hydrogens (tertiary/aromatic N) is 3. The number of thiophene rings is 1. The normalized spacial score (nSPS) is 15.2. The summed E-state index contributed by atoms with van der Waals surface area (Å²) in [6, 6.07) is 2.96. The highest BCUT2D eigenvalue weighted by molar-refractivity contribution is 7.18. The Kier molecular flexibility index (Phi) is 3.76. The van der Waals surface area contributed by atoms with Gasteiger partial charge in [-0.25, -0.2) is 4.98 Å². The Labute approximate surface area is 123 Å². The number of aryl methyl sites for hydroxylation is 1. The Balaban J connectivity index is 1.73. The van der Waals surface area contributed by atoms with Crippen molar-refractivity contribution in [3.63, 3.8) is 0 Å². The van der Waals surface area contributed by atoms with Crippen molar-refractivity contribution in [2.24, 2.45) is 0 Å². The highest BCUT2D eigenvalue weighted by atomic mass is 32.1. The molecular formula is C14H21N5S. The number of aromatic nitrogens is 2. The number of rotatable bonds is 6. The predicted molar refractivity (Wildman–Crippen MR) is 85.3 cm³/mol. The minimum absolute atomic E-state index is 0.347. The molecule has 6 heteroatoms. The lowest BCUT2D eigenvalue weighted by atomic mass is 10.3. The number of hydrogen-bond acceptors (Lipinski definition) is 6. The van der Waals surface area contributed by atoms with Gasteiger partial charge in [-0.3, -0.25) is 0 Å². The molecule has 2 aromatic rings. The lowest BCUT2D eigenvalue weighted by molar-refractivity contribution is 0.337. The average molecular weight is 291 g/mol. The predicted octanol–water partition coefficient (Wildman–Crippen LogP) is 2.34. The van der Waals surface area contributed by atoms with Crippen molar-refractivity contribution in [2.75, 3.05) is 31.2 Å². The van der Waals surface area contributed by atoms with Gasteiger partial charge >= 0.3 is 0 Å². The van der Waals surface area contributed by atoms with Crippen LogP contribution < -0.4 is 11.1 Å². The van der Waals surface area contributed by atoms with Gasteiger partial charge < -0.3 is 16.0 Å². The average Bonchev–Trinajstić information content (AvgIpc) is 3.19. The summed E-state index contributed by atoms with van der Waals surface area (Å²) in [7, 11) is 2.18. The molecule has 108 valence electrons. The zero-order chi connectivity index (χ0) is 14.1. The van der Waals surface area contributed by atoms with Crippen molar-refractivity contribution in [2.45, 2.75) is 32.2 Å². The quantitative estimate of drug-likeness (QED) is 0.855. The van der Waals surface area contributed by atoms with E-state index < -0.39 is 0 Å². The number of fused-ring (bicyclic) bond motifs is 1. The zero-order valence-electron chi connectivity index (χ0n) is 12.0. The minimum Gasteiger partial charge on any atom is -0.368 e. The van der Waals surface area contributed by atoms with Crippen LogP contribution >= 0.6 is 11.3 Å². The summed E-state index contributed by atoms with van der Waals surface area (Å²) in [5.74, 6) is 1.22. The highest BCUT2D eigenvalue weighted by Crippen LogP contribution is 2.30. The van der Waals surface area contributed by atoms with E-state index in [9.17, 15) is 0 Å². The molecule has 0 unspecified atom stereocenters. The fourth-order valence-corrected chi connectivity index (χ4v) is 3.32. The van der Waals surface area contributed by atoms with Crippen LogP contribution in [0.25, 0.3) is 10.2 Å². The van der Waals surface area contributed by atoms with Crippen LogP contribution in [0.1, 0.15) is 24.6 Å². The van der Waals surface area contributed by atoms with E-state index in [0.717, 1.165) is 41.6 Å². The summed E-state index contributed by atoms with van der Waals surface area (Å²) >= 11 is 1.70. The minimum atomic E-state index is 0.347. The Hall–Kier alpha value is -1.40. The third kappa shape index (κ3) is 2.86. The SMILES string of the molecule is CCc1cc2c(NCCN(C)C3CC3)nc(N)nc2s1. The molecule has 3 N–H and O–H groups in total. The number of hydrogen-bond donors (Lipinski definition) is 2. The van der Waals surface area contributed by atoms with Gasteiger partial charge in [-0.15, -0.1) is 11.3 Å². The second kappa shape index (κ2) is 5.54. The molecule has 0 aliphatic heterocycles. The molecule has 2 aromatic heterocycles. The number of anilines is 2. The fraction of sp³-hybridized carbons (Fsp3) is 0.571. The van der Waals surface area contributed by atoms with Crippen LogP contribution in [-0.2, 0) is 6.42 Å². The molecule has 0 bridgehead atoms. The first kappa shape index (κ1) is 13.6. The van der Waals surface area contributed by atoms with Crippen LogP contribution in [0.3, 0.4) is 0 Å². The topological polar surface area (TPSA) is 67.1 Å². The molecule has 1 saturated carbocycles. The first-order valence-corrected chi connectivity index (χ1v) is 7.99. The smallest absolute Gasteiger partial charge is 0.223 e. The summed E-state index contributed by atoms with van der Waals surface area (Å²) in [6.45, 7) is 4.07. The van der Waals surface area contributed by atoms with Gasteiger partial charge in [0.2, 0.25) is 5.95 Å². The standard InChI is InChI=1S/C14H21N5S/c1-3-10-8-11-12(17-14(15)18-13(11)20-10)16-6-7-19(2)9-4-5-9/h8-9H,3-7H2,1-2H3,(H3,15,16,17,18). The summed E-state index contributed by atoms with van der Waals surface area (Å²) in [6.07, 6.45) is 3.70. The van der Waals surface area contributed by atoms with E-state index in [2.05, 4.69) is 40.2 Å². The van der Waals surface area contributed by atoms with E-state index >= 15 is 0 Å². The maximum atomic E-state index is 5.80. The molecule has 1 aliphatic rings. The maximum absolute atomic E-state index is 5.80. The monoisotopic (exact) mass is 291 g/mol. The van der Waals surface area contributed by atoms with Crippen LogP contribution in [0.4, 0.5) is 11.8 Å². The Morgan fingerprint density at radius 3 is 2.95 bits per heavy atom. The van der Waals surface area contributed by atoms with Gasteiger partial charge in [0, 0.05) is 24.0 Å². The third-order valence-electron chi connectivity index (χ3n) is 3.74. The van der Waals surface area contributed by atoms with Gasteiger partial charge in [0.1, 0.15) is 10.6 Å². The van der Waals surface area contributed by atoms with Crippen molar-refractivity contribution in [3.05, 3.63) is 10.9 Å². The van der Waals surface area contributed by atoms with Crippen LogP contribution in [0.5, 0.6) is 0 Å². The first-order valence-electron chi connectivity index (χ1n) is 7.17. The Bertz CT molecular complexity index is 605. The molecule has 0 saturated heterocycles. The second-order valence-corrected chi connectivity index (χ2v) is 6.47. The molecule has 1 fully saturated rings. The van der Waals surface area contributed by atoms with Gasteiger partial charge in [-0.1, -0.05) is 6.92 Å². The number of nitrogens with one attached hydrogen (secondary N) is 1. The molecule has 0 atom stereocenters. The second-order valence-electron chi connectivity index (χ2n) is 5.35. The van der Waals surface area contributed by atoms with Crippen molar-refractivity contribution < 1.29 is 0 Å². The Morgan fingerprint density at radius 2 is 2.25 bits per heavy atom. The summed E-state index contributed by atoms with van der Waals surface area (Å²) in [5.41, 5.74) is 5.80. The molecule has 0 amide bonds. The zero-order valence-corrected chi connectivity index (χ0v) is 12.8. The van der Waals surface area contributed by atoms with E-state index in [1.807, 2.05) is 0 Å². The molecule has 0 spiro atoms. The summed E-state index contributed by atoms with van der Waals surface area (Å²) in [4.78, 5) is 13.4. The lowest BCUT2D eigenvalue weighted by Crippen LogP contribution is -2.27. The number of nitrogen functional groups attached to an aromatic ring is 1. The summed E-state index contributed by atoms with van der Waals surface area (Å²) in [5, 5.41) is 4.51. The van der Waals surface area contributed by atoms with Crippen molar-refractivity contribution in [3.8, 4) is 0 Å². The lowest BCUT2D eigenvalue weighted by Gasteiger charge is -2.16. The highest BCUT2D eigenvalue weighted by Gasteiger charge is 2.25. The van der Waals surface area contributed by atoms with Crippen LogP contribution in [0, 0.1) is 0 Å². The van der Waals surface area contributed by atoms with Crippen LogP contribution in [0.15, 0.2) is 6.07 Å². The largest absolute Gasteiger partial charge is 0.368 e. The van der Waals surface area contributed by atoms with E-state index in [0.29, 0.717) is 5.95 Å². The third-order valence-corrected chi connectivity index (χ3v) is 4.91. The summed E-state index contributed by atoms with van der Waals surface area (Å²) < 4.78 is 0. The Morgan fingerprint density at radius 1 is 1.45 bits per heavy atom. The first-order chi connectivity index (χ1) is 9.67. The molecule has 0 aromatic carbocycles. The molecule has 20 heavy (non-hydrogen) atoms. The maximum Gasteiger partial charge on any atom is 0.223 e. The van der Waals surface area contributed by atoms with Gasteiger partial charge in [0.25, 0.3) is 0 Å². The number of likely N-dealkylation sites (N-methyl/N-ethyl adjacent to an activating group) is 1. The van der Waals surface area contributed by atoms with E-state index in [1.165, 1.54) is 17.7 Å². The fourth-order valence-electron chi connectivity index (χ4n) is 2.35. The van der Waals surface area contributed by atoms with Gasteiger partial charge in [0.05, 0.1) is 5.39 Å². The molecular weight excluding hydrogens is 270 g/mol. The van der Waals surface area contributed by atoms with Gasteiger partial charge in [0.15, 0.2) is 0 Å². The molecule has 0 radical (unpaired) electrons. The molecule has 5 nitrogen and oxygen atoms in total. The molecule has 1 aliphatic carbocycles. The molecule has 2 heterocycles. The van der Waals surface area contributed by atoms with Crippen LogP contribution in [-0.4, -0.2) is 41.0 Å². The van der Waals surface area contributed by atoms with Crippen molar-refractivity contribution in [1.29, 1.82) is 0 Å². The van der Waals surface area contributed by atoms with Crippen molar-refractivity contribution in [1.82, 2.24) is 14.9 Å². The van der Waals surface area contributed by atoms with Gasteiger partial charge in [-0.2, -0.15) is 4.98 Å². The van der Waals surface area contributed by atoms with Crippen molar-refractivity contribution >= 4 is 33.3 Å². The molecule has 3 rings (SSSR count). The van der Waals surface area contributed by atoms with Crippen LogP contribution in [0.2, 0.25) is 0 Å². The van der Waals surface area contributed by atoms with E-state index in [4.69, 9.17) is 5.73 Å². The van der Waals surface area contributed by atoms with Gasteiger partial charge in [-0.05, 0) is 32.4 Å².